The van der Waals surface area contributed by atoms with E-state index in [9.17, 15) is 4.39 Å². The number of aliphatic hydroxyl groups is 1. The van der Waals surface area contributed by atoms with Crippen molar-refractivity contribution in [2.75, 3.05) is 6.61 Å². The van der Waals surface area contributed by atoms with Crippen molar-refractivity contribution < 1.29 is 9.50 Å². The Hall–Kier alpha value is -1.15. The van der Waals surface area contributed by atoms with Crippen molar-refractivity contribution in [3.63, 3.8) is 0 Å². The molecule has 0 aromatic heterocycles. The summed E-state index contributed by atoms with van der Waals surface area (Å²) < 4.78 is 13.2. The fourth-order valence-electron chi connectivity index (χ4n) is 1.13. The summed E-state index contributed by atoms with van der Waals surface area (Å²) >= 11 is 0. The van der Waals surface area contributed by atoms with E-state index in [-0.39, 0.29) is 12.4 Å². The summed E-state index contributed by atoms with van der Waals surface area (Å²) in [5.74, 6) is -0.214. The van der Waals surface area contributed by atoms with Crippen LogP contribution in [-0.4, -0.2) is 11.7 Å². The minimum atomic E-state index is -0.214. The molecule has 1 rings (SSSR count). The molecule has 70 valence electrons. The van der Waals surface area contributed by atoms with Gasteiger partial charge in [0.25, 0.3) is 0 Å². The molecule has 0 aliphatic rings. The standard InChI is InChI=1S/C11H13FO/c1-9-5-4-7-11(12)10(9)6-2-3-8-13/h2,4-7,13H,3,8H2,1H3. The lowest BCUT2D eigenvalue weighted by atomic mass is 10.1. The highest BCUT2D eigenvalue weighted by atomic mass is 19.1. The summed E-state index contributed by atoms with van der Waals surface area (Å²) in [4.78, 5) is 0. The first-order chi connectivity index (χ1) is 6.25. The Kier molecular flexibility index (Phi) is 3.65. The van der Waals surface area contributed by atoms with Gasteiger partial charge in [0.1, 0.15) is 5.82 Å². The molecule has 0 saturated heterocycles. The van der Waals surface area contributed by atoms with E-state index in [1.54, 1.807) is 18.2 Å². The monoisotopic (exact) mass is 180 g/mol. The number of hydrogen-bond acceptors (Lipinski definition) is 1. The Bertz CT molecular complexity index is 285. The Balaban J connectivity index is 2.87. The second kappa shape index (κ2) is 4.77. The van der Waals surface area contributed by atoms with E-state index in [1.165, 1.54) is 6.07 Å². The van der Waals surface area contributed by atoms with Crippen LogP contribution in [0.15, 0.2) is 24.3 Å². The SMILES string of the molecule is Cc1cccc(F)c1C=CCCO. The van der Waals surface area contributed by atoms with Crippen molar-refractivity contribution in [3.05, 3.63) is 41.2 Å². The smallest absolute Gasteiger partial charge is 0.130 e. The first kappa shape index (κ1) is 9.93. The molecule has 0 fully saturated rings. The van der Waals surface area contributed by atoms with E-state index in [2.05, 4.69) is 0 Å². The molecule has 0 bridgehead atoms. The van der Waals surface area contributed by atoms with Gasteiger partial charge in [-0.3, -0.25) is 0 Å². The molecule has 0 unspecified atom stereocenters. The fraction of sp³-hybridized carbons (Fsp3) is 0.273. The van der Waals surface area contributed by atoms with Gasteiger partial charge in [0, 0.05) is 12.2 Å². The van der Waals surface area contributed by atoms with Gasteiger partial charge in [0.15, 0.2) is 0 Å². The van der Waals surface area contributed by atoms with Gasteiger partial charge >= 0.3 is 0 Å². The molecule has 0 aliphatic heterocycles. The van der Waals surface area contributed by atoms with E-state index in [0.29, 0.717) is 12.0 Å². The number of benzene rings is 1. The van der Waals surface area contributed by atoms with Gasteiger partial charge in [-0.1, -0.05) is 24.3 Å². The van der Waals surface area contributed by atoms with Crippen molar-refractivity contribution in [2.45, 2.75) is 13.3 Å². The first-order valence-corrected chi connectivity index (χ1v) is 4.28. The predicted molar refractivity (Wildman–Crippen MR) is 51.9 cm³/mol. The van der Waals surface area contributed by atoms with Gasteiger partial charge in [0.05, 0.1) is 0 Å². The molecule has 1 nitrogen and oxygen atoms in total. The van der Waals surface area contributed by atoms with Gasteiger partial charge in [-0.25, -0.2) is 4.39 Å². The van der Waals surface area contributed by atoms with Gasteiger partial charge in [0.2, 0.25) is 0 Å². The summed E-state index contributed by atoms with van der Waals surface area (Å²) in [7, 11) is 0. The van der Waals surface area contributed by atoms with Gasteiger partial charge in [-0.15, -0.1) is 0 Å². The molecule has 2 heteroatoms. The van der Waals surface area contributed by atoms with Crippen LogP contribution in [0.2, 0.25) is 0 Å². The highest BCUT2D eigenvalue weighted by Gasteiger charge is 1.99. The summed E-state index contributed by atoms with van der Waals surface area (Å²) in [5.41, 5.74) is 1.52. The highest BCUT2D eigenvalue weighted by Crippen LogP contribution is 2.14. The number of aryl methyl sites for hydroxylation is 1. The van der Waals surface area contributed by atoms with Crippen LogP contribution < -0.4 is 0 Å². The number of aliphatic hydroxyl groups excluding tert-OH is 1. The lowest BCUT2D eigenvalue weighted by Gasteiger charge is -2.00. The predicted octanol–water partition coefficient (Wildman–Crippen LogP) is 2.53. The third-order valence-corrected chi connectivity index (χ3v) is 1.85. The van der Waals surface area contributed by atoms with Crippen LogP contribution in [0, 0.1) is 12.7 Å². The zero-order valence-electron chi connectivity index (χ0n) is 7.63. The molecule has 0 amide bonds. The summed E-state index contributed by atoms with van der Waals surface area (Å²) in [6.07, 6.45) is 4.04. The van der Waals surface area contributed by atoms with Crippen LogP contribution in [-0.2, 0) is 0 Å². The third kappa shape index (κ3) is 2.67. The number of halogens is 1. The van der Waals surface area contributed by atoms with E-state index in [1.807, 2.05) is 13.0 Å². The van der Waals surface area contributed by atoms with Crippen LogP contribution in [0.5, 0.6) is 0 Å². The molecule has 1 aromatic rings. The van der Waals surface area contributed by atoms with E-state index in [0.717, 1.165) is 5.56 Å². The van der Waals surface area contributed by atoms with Gasteiger partial charge < -0.3 is 5.11 Å². The zero-order valence-corrected chi connectivity index (χ0v) is 7.63. The molecule has 0 spiro atoms. The second-order valence-electron chi connectivity index (χ2n) is 2.89. The largest absolute Gasteiger partial charge is 0.396 e. The Morgan fingerprint density at radius 3 is 2.85 bits per heavy atom. The average Bonchev–Trinajstić information content (AvgIpc) is 2.10. The van der Waals surface area contributed by atoms with Crippen LogP contribution >= 0.6 is 0 Å². The molecule has 0 heterocycles. The summed E-state index contributed by atoms with van der Waals surface area (Å²) in [5, 5.41) is 8.54. The van der Waals surface area contributed by atoms with E-state index >= 15 is 0 Å². The van der Waals surface area contributed by atoms with Crippen LogP contribution in [0.1, 0.15) is 17.5 Å². The molecule has 0 radical (unpaired) electrons. The maximum absolute atomic E-state index is 13.2. The van der Waals surface area contributed by atoms with Crippen LogP contribution in [0.3, 0.4) is 0 Å². The van der Waals surface area contributed by atoms with E-state index in [4.69, 9.17) is 5.11 Å². The molecular weight excluding hydrogens is 167 g/mol. The number of rotatable bonds is 3. The quantitative estimate of drug-likeness (QED) is 0.757. The van der Waals surface area contributed by atoms with Crippen molar-refractivity contribution in [3.8, 4) is 0 Å². The maximum atomic E-state index is 13.2. The Labute approximate surface area is 77.5 Å². The number of hydrogen-bond donors (Lipinski definition) is 1. The maximum Gasteiger partial charge on any atom is 0.130 e. The third-order valence-electron chi connectivity index (χ3n) is 1.85. The van der Waals surface area contributed by atoms with Gasteiger partial charge in [-0.2, -0.15) is 0 Å². The molecule has 13 heavy (non-hydrogen) atoms. The highest BCUT2D eigenvalue weighted by molar-refractivity contribution is 5.54. The molecule has 1 aromatic carbocycles. The van der Waals surface area contributed by atoms with Crippen molar-refractivity contribution >= 4 is 6.08 Å². The summed E-state index contributed by atoms with van der Waals surface area (Å²) in [6, 6.07) is 4.99. The minimum Gasteiger partial charge on any atom is -0.396 e. The Morgan fingerprint density at radius 1 is 1.46 bits per heavy atom. The molecule has 0 aliphatic carbocycles. The molecule has 0 saturated carbocycles. The molecule has 1 N–H and O–H groups in total. The Morgan fingerprint density at radius 2 is 2.23 bits per heavy atom. The zero-order chi connectivity index (χ0) is 9.68. The van der Waals surface area contributed by atoms with Crippen LogP contribution in [0.4, 0.5) is 4.39 Å². The lowest BCUT2D eigenvalue weighted by molar-refractivity contribution is 0.303. The summed E-state index contributed by atoms with van der Waals surface area (Å²) in [6.45, 7) is 1.96. The lowest BCUT2D eigenvalue weighted by Crippen LogP contribution is -1.86. The normalized spacial score (nSPS) is 11.0. The van der Waals surface area contributed by atoms with Gasteiger partial charge in [-0.05, 0) is 25.0 Å². The first-order valence-electron chi connectivity index (χ1n) is 4.28. The molecular formula is C11H13FO. The van der Waals surface area contributed by atoms with Crippen molar-refractivity contribution in [2.24, 2.45) is 0 Å². The van der Waals surface area contributed by atoms with Crippen molar-refractivity contribution in [1.82, 2.24) is 0 Å². The molecule has 0 atom stereocenters. The second-order valence-corrected chi connectivity index (χ2v) is 2.89. The minimum absolute atomic E-state index is 0.101. The topological polar surface area (TPSA) is 20.2 Å². The fourth-order valence-corrected chi connectivity index (χ4v) is 1.13. The average molecular weight is 180 g/mol. The van der Waals surface area contributed by atoms with Crippen molar-refractivity contribution in [1.29, 1.82) is 0 Å². The van der Waals surface area contributed by atoms with Crippen LogP contribution in [0.25, 0.3) is 6.08 Å². The van der Waals surface area contributed by atoms with E-state index < -0.39 is 0 Å².